The van der Waals surface area contributed by atoms with Crippen LogP contribution in [-0.2, 0) is 4.74 Å². The maximum absolute atomic E-state index is 6.05. The molecule has 0 aromatic carbocycles. The molecule has 3 fully saturated rings. The van der Waals surface area contributed by atoms with Gasteiger partial charge in [0, 0.05) is 0 Å². The highest BCUT2D eigenvalue weighted by molar-refractivity contribution is 5.03. The van der Waals surface area contributed by atoms with Gasteiger partial charge in [-0.15, -0.1) is 0 Å². The van der Waals surface area contributed by atoms with E-state index in [2.05, 4.69) is 13.8 Å². The van der Waals surface area contributed by atoms with E-state index in [1.807, 2.05) is 0 Å². The molecule has 1 nitrogen and oxygen atoms in total. The van der Waals surface area contributed by atoms with Crippen LogP contribution in [-0.4, -0.2) is 12.2 Å². The molecule has 3 aliphatic carbocycles. The predicted molar refractivity (Wildman–Crippen MR) is 57.1 cm³/mol. The Labute approximate surface area is 87.2 Å². The first-order valence-corrected chi connectivity index (χ1v) is 6.41. The van der Waals surface area contributed by atoms with Gasteiger partial charge in [0.2, 0.25) is 0 Å². The Balaban J connectivity index is 1.71. The molecule has 14 heavy (non-hydrogen) atoms. The molecule has 3 saturated carbocycles. The Kier molecular flexibility index (Phi) is 2.12. The molecule has 0 N–H and O–H groups in total. The van der Waals surface area contributed by atoms with E-state index in [1.54, 1.807) is 0 Å². The van der Waals surface area contributed by atoms with Crippen LogP contribution in [0.3, 0.4) is 0 Å². The van der Waals surface area contributed by atoms with E-state index in [4.69, 9.17) is 4.74 Å². The standard InChI is InChI=1S/C13H22O/c1-8(2)14-13-7-9-6-12(13)11-5-3-4-10(9)11/h8-13H,3-7H2,1-2H3. The topological polar surface area (TPSA) is 9.23 Å². The second-order valence-corrected chi connectivity index (χ2v) is 5.88. The second-order valence-electron chi connectivity index (χ2n) is 5.88. The molecule has 0 radical (unpaired) electrons. The molecular weight excluding hydrogens is 172 g/mol. The number of fused-ring (bicyclic) bond motifs is 5. The SMILES string of the molecule is CC(C)OC1CC2CC1C1CCCC21. The zero-order valence-corrected chi connectivity index (χ0v) is 9.41. The van der Waals surface area contributed by atoms with Gasteiger partial charge in [-0.05, 0) is 63.2 Å². The van der Waals surface area contributed by atoms with Crippen molar-refractivity contribution in [2.75, 3.05) is 0 Å². The zero-order chi connectivity index (χ0) is 9.71. The molecule has 2 bridgehead atoms. The Bertz CT molecular complexity index is 223. The van der Waals surface area contributed by atoms with E-state index in [1.165, 1.54) is 32.1 Å². The molecule has 0 aromatic heterocycles. The molecule has 5 unspecified atom stereocenters. The highest BCUT2D eigenvalue weighted by Gasteiger charge is 2.54. The van der Waals surface area contributed by atoms with E-state index in [0.29, 0.717) is 12.2 Å². The third-order valence-electron chi connectivity index (χ3n) is 4.81. The van der Waals surface area contributed by atoms with Crippen LogP contribution in [0.2, 0.25) is 0 Å². The third-order valence-corrected chi connectivity index (χ3v) is 4.81. The minimum atomic E-state index is 0.430. The van der Waals surface area contributed by atoms with Crippen molar-refractivity contribution in [3.8, 4) is 0 Å². The predicted octanol–water partition coefficient (Wildman–Crippen LogP) is 3.24. The van der Waals surface area contributed by atoms with E-state index < -0.39 is 0 Å². The molecule has 0 aliphatic heterocycles. The summed E-state index contributed by atoms with van der Waals surface area (Å²) in [5, 5.41) is 0. The molecule has 5 atom stereocenters. The number of rotatable bonds is 2. The van der Waals surface area contributed by atoms with E-state index in [0.717, 1.165) is 23.7 Å². The van der Waals surface area contributed by atoms with Crippen LogP contribution in [0, 0.1) is 23.7 Å². The van der Waals surface area contributed by atoms with Crippen molar-refractivity contribution in [1.82, 2.24) is 0 Å². The summed E-state index contributed by atoms with van der Waals surface area (Å²) in [6.45, 7) is 4.36. The minimum Gasteiger partial charge on any atom is -0.375 e. The third kappa shape index (κ3) is 1.25. The number of ether oxygens (including phenoxy) is 1. The second kappa shape index (κ2) is 3.23. The van der Waals surface area contributed by atoms with Crippen LogP contribution in [0.4, 0.5) is 0 Å². The molecule has 3 rings (SSSR count). The number of hydrogen-bond donors (Lipinski definition) is 0. The molecule has 1 heteroatoms. The van der Waals surface area contributed by atoms with Gasteiger partial charge < -0.3 is 4.74 Å². The summed E-state index contributed by atoms with van der Waals surface area (Å²) >= 11 is 0. The summed E-state index contributed by atoms with van der Waals surface area (Å²) in [6, 6.07) is 0. The van der Waals surface area contributed by atoms with Crippen LogP contribution in [0.5, 0.6) is 0 Å². The van der Waals surface area contributed by atoms with Crippen molar-refractivity contribution < 1.29 is 4.74 Å². The maximum Gasteiger partial charge on any atom is 0.0612 e. The van der Waals surface area contributed by atoms with Crippen LogP contribution >= 0.6 is 0 Å². The first-order valence-electron chi connectivity index (χ1n) is 6.41. The molecule has 0 saturated heterocycles. The highest BCUT2D eigenvalue weighted by Crippen LogP contribution is 2.59. The fourth-order valence-corrected chi connectivity index (χ4v) is 4.51. The summed E-state index contributed by atoms with van der Waals surface area (Å²) in [5.74, 6) is 4.13. The van der Waals surface area contributed by atoms with E-state index >= 15 is 0 Å². The molecule has 80 valence electrons. The number of hydrogen-bond acceptors (Lipinski definition) is 1. The van der Waals surface area contributed by atoms with E-state index in [-0.39, 0.29) is 0 Å². The Morgan fingerprint density at radius 3 is 2.57 bits per heavy atom. The summed E-state index contributed by atoms with van der Waals surface area (Å²) in [7, 11) is 0. The monoisotopic (exact) mass is 194 g/mol. The van der Waals surface area contributed by atoms with Crippen LogP contribution in [0.15, 0.2) is 0 Å². The summed E-state index contributed by atoms with van der Waals surface area (Å²) in [4.78, 5) is 0. The quantitative estimate of drug-likeness (QED) is 0.655. The molecule has 0 amide bonds. The first kappa shape index (κ1) is 9.21. The smallest absolute Gasteiger partial charge is 0.0612 e. The molecular formula is C13H22O. The lowest BCUT2D eigenvalue weighted by atomic mass is 9.80. The van der Waals surface area contributed by atoms with E-state index in [9.17, 15) is 0 Å². The Morgan fingerprint density at radius 2 is 1.79 bits per heavy atom. The highest BCUT2D eigenvalue weighted by atomic mass is 16.5. The fourth-order valence-electron chi connectivity index (χ4n) is 4.51. The van der Waals surface area contributed by atoms with Gasteiger partial charge in [-0.1, -0.05) is 6.42 Å². The Morgan fingerprint density at radius 1 is 1.00 bits per heavy atom. The fraction of sp³-hybridized carbons (Fsp3) is 1.00. The van der Waals surface area contributed by atoms with Gasteiger partial charge in [0.25, 0.3) is 0 Å². The lowest BCUT2D eigenvalue weighted by molar-refractivity contribution is -0.0430. The van der Waals surface area contributed by atoms with Crippen LogP contribution < -0.4 is 0 Å². The van der Waals surface area contributed by atoms with Crippen molar-refractivity contribution in [3.63, 3.8) is 0 Å². The van der Waals surface area contributed by atoms with Gasteiger partial charge in [-0.25, -0.2) is 0 Å². The van der Waals surface area contributed by atoms with Gasteiger partial charge in [-0.2, -0.15) is 0 Å². The van der Waals surface area contributed by atoms with Gasteiger partial charge in [-0.3, -0.25) is 0 Å². The Hall–Kier alpha value is -0.0400. The van der Waals surface area contributed by atoms with Gasteiger partial charge in [0.15, 0.2) is 0 Å². The van der Waals surface area contributed by atoms with Crippen molar-refractivity contribution in [1.29, 1.82) is 0 Å². The molecule has 0 heterocycles. The van der Waals surface area contributed by atoms with Crippen molar-refractivity contribution in [2.45, 2.75) is 58.2 Å². The largest absolute Gasteiger partial charge is 0.375 e. The molecule has 0 spiro atoms. The van der Waals surface area contributed by atoms with Gasteiger partial charge in [0.1, 0.15) is 0 Å². The summed E-state index contributed by atoms with van der Waals surface area (Å²) in [6.07, 6.45) is 8.45. The van der Waals surface area contributed by atoms with Gasteiger partial charge in [0.05, 0.1) is 12.2 Å². The van der Waals surface area contributed by atoms with Crippen LogP contribution in [0.25, 0.3) is 0 Å². The maximum atomic E-state index is 6.05. The van der Waals surface area contributed by atoms with Crippen molar-refractivity contribution >= 4 is 0 Å². The van der Waals surface area contributed by atoms with Gasteiger partial charge >= 0.3 is 0 Å². The molecule has 3 aliphatic rings. The van der Waals surface area contributed by atoms with Crippen molar-refractivity contribution in [3.05, 3.63) is 0 Å². The molecule has 0 aromatic rings. The lowest BCUT2D eigenvalue weighted by Gasteiger charge is -2.32. The summed E-state index contributed by atoms with van der Waals surface area (Å²) < 4.78 is 6.05. The first-order chi connectivity index (χ1) is 6.75. The zero-order valence-electron chi connectivity index (χ0n) is 9.41. The minimum absolute atomic E-state index is 0.430. The lowest BCUT2D eigenvalue weighted by Crippen LogP contribution is -2.32. The van der Waals surface area contributed by atoms with Crippen LogP contribution in [0.1, 0.15) is 46.0 Å². The summed E-state index contributed by atoms with van der Waals surface area (Å²) in [5.41, 5.74) is 0. The average molecular weight is 194 g/mol. The normalized spacial score (nSPS) is 50.4. The van der Waals surface area contributed by atoms with Crippen molar-refractivity contribution in [2.24, 2.45) is 23.7 Å². The average Bonchev–Trinajstić information content (AvgIpc) is 2.68.